The molecule has 7 nitrogen and oxygen atoms in total. The highest BCUT2D eigenvalue weighted by Crippen LogP contribution is 2.31. The molecule has 2 bridgehead atoms. The maximum Gasteiger partial charge on any atom is 0.341 e. The molecule has 2 aliphatic heterocycles. The highest BCUT2D eigenvalue weighted by Gasteiger charge is 2.39. The molecule has 0 saturated carbocycles. The number of halogens is 1. The number of hydrogen-bond donors (Lipinski definition) is 2. The second-order valence-electron chi connectivity index (χ2n) is 7.60. The number of nitrogens with one attached hydrogen (secondary N) is 1. The van der Waals surface area contributed by atoms with E-state index in [-0.39, 0.29) is 22.9 Å². The molecule has 0 amide bonds. The SMILES string of the molecule is O=C(O)c1cn(Cc2ccccc2)c2nc(N3C[C@@H]4C[C@H]3CN4)c(F)cc2c1=O. The molecule has 0 spiro atoms. The third kappa shape index (κ3) is 2.96. The van der Waals surface area contributed by atoms with Crippen LogP contribution in [0.1, 0.15) is 22.3 Å². The van der Waals surface area contributed by atoms with Crippen LogP contribution in [0, 0.1) is 5.82 Å². The van der Waals surface area contributed by atoms with Gasteiger partial charge in [0.05, 0.1) is 5.39 Å². The summed E-state index contributed by atoms with van der Waals surface area (Å²) in [5, 5.41) is 12.8. The van der Waals surface area contributed by atoms with Gasteiger partial charge in [-0.05, 0) is 18.1 Å². The average molecular weight is 394 g/mol. The Morgan fingerprint density at radius 3 is 2.76 bits per heavy atom. The number of hydrogen-bond acceptors (Lipinski definition) is 5. The van der Waals surface area contributed by atoms with Crippen LogP contribution in [0.15, 0.2) is 47.4 Å². The van der Waals surface area contributed by atoms with Crippen LogP contribution in [-0.4, -0.2) is 45.8 Å². The zero-order chi connectivity index (χ0) is 20.1. The molecule has 2 aliphatic rings. The average Bonchev–Trinajstić information content (AvgIpc) is 3.34. The van der Waals surface area contributed by atoms with E-state index in [9.17, 15) is 19.1 Å². The van der Waals surface area contributed by atoms with Crippen LogP contribution in [0.2, 0.25) is 0 Å². The summed E-state index contributed by atoms with van der Waals surface area (Å²) in [6.45, 7) is 1.76. The molecule has 2 saturated heterocycles. The highest BCUT2D eigenvalue weighted by molar-refractivity contribution is 5.92. The van der Waals surface area contributed by atoms with E-state index < -0.39 is 22.8 Å². The van der Waals surface area contributed by atoms with Gasteiger partial charge in [0.15, 0.2) is 11.6 Å². The Morgan fingerprint density at radius 1 is 1.31 bits per heavy atom. The van der Waals surface area contributed by atoms with Gasteiger partial charge in [-0.1, -0.05) is 30.3 Å². The predicted octanol–water partition coefficient (Wildman–Crippen LogP) is 1.83. The van der Waals surface area contributed by atoms with Crippen LogP contribution in [-0.2, 0) is 6.54 Å². The van der Waals surface area contributed by atoms with Gasteiger partial charge >= 0.3 is 5.97 Å². The van der Waals surface area contributed by atoms with Crippen molar-refractivity contribution in [3.63, 3.8) is 0 Å². The summed E-state index contributed by atoms with van der Waals surface area (Å²) < 4.78 is 16.6. The van der Waals surface area contributed by atoms with Gasteiger partial charge in [0, 0.05) is 37.9 Å². The number of benzene rings is 1. The van der Waals surface area contributed by atoms with E-state index in [1.165, 1.54) is 6.20 Å². The number of nitrogens with zero attached hydrogens (tertiary/aromatic N) is 3. The summed E-state index contributed by atoms with van der Waals surface area (Å²) in [6, 6.07) is 11.1. The second-order valence-corrected chi connectivity index (χ2v) is 7.60. The van der Waals surface area contributed by atoms with Gasteiger partial charge in [0.2, 0.25) is 5.43 Å². The monoisotopic (exact) mass is 394 g/mol. The summed E-state index contributed by atoms with van der Waals surface area (Å²) in [5.74, 6) is -1.72. The molecule has 5 rings (SSSR count). The summed E-state index contributed by atoms with van der Waals surface area (Å²) in [5.41, 5.74) is 0.0908. The van der Waals surface area contributed by atoms with E-state index in [1.54, 1.807) is 4.57 Å². The molecule has 29 heavy (non-hydrogen) atoms. The fraction of sp³-hybridized carbons (Fsp3) is 0.286. The Bertz CT molecular complexity index is 1180. The molecule has 2 aromatic heterocycles. The summed E-state index contributed by atoms with van der Waals surface area (Å²) in [7, 11) is 0. The summed E-state index contributed by atoms with van der Waals surface area (Å²) >= 11 is 0. The molecule has 0 radical (unpaired) electrons. The number of carboxylic acid groups (broad SMARTS) is 1. The van der Waals surface area contributed by atoms with Gasteiger partial charge in [-0.15, -0.1) is 0 Å². The minimum Gasteiger partial charge on any atom is -0.477 e. The van der Waals surface area contributed by atoms with E-state index in [4.69, 9.17) is 0 Å². The number of carbonyl (C=O) groups is 1. The third-order valence-electron chi connectivity index (χ3n) is 5.74. The van der Waals surface area contributed by atoms with E-state index in [0.717, 1.165) is 24.6 Å². The first-order valence-electron chi connectivity index (χ1n) is 9.52. The molecule has 0 aliphatic carbocycles. The standard InChI is InChI=1S/C21H19FN4O3/c22-17-7-15-18(27)16(21(28)29)11-25(9-12-4-2-1-3-5-12)19(15)24-20(17)26-10-13-6-14(26)8-23-13/h1-5,7,11,13-14,23H,6,8-10H2,(H,28,29)/t13-,14-/m0/s1. The Morgan fingerprint density at radius 2 is 2.10 bits per heavy atom. The van der Waals surface area contributed by atoms with E-state index in [2.05, 4.69) is 10.3 Å². The number of carboxylic acids is 1. The number of piperazine rings is 1. The van der Waals surface area contributed by atoms with Crippen molar-refractivity contribution in [3.05, 3.63) is 69.8 Å². The molecular formula is C21H19FN4O3. The van der Waals surface area contributed by atoms with Gasteiger partial charge < -0.3 is 19.9 Å². The minimum absolute atomic E-state index is 0.0236. The second kappa shape index (κ2) is 6.66. The Labute approximate surface area is 165 Å². The van der Waals surface area contributed by atoms with Crippen LogP contribution in [0.5, 0.6) is 0 Å². The van der Waals surface area contributed by atoms with Crippen molar-refractivity contribution in [1.82, 2.24) is 14.9 Å². The van der Waals surface area contributed by atoms with Gasteiger partial charge in [-0.25, -0.2) is 14.2 Å². The van der Waals surface area contributed by atoms with Crippen LogP contribution < -0.4 is 15.6 Å². The van der Waals surface area contributed by atoms with Gasteiger partial charge in [0.25, 0.3) is 0 Å². The molecule has 4 heterocycles. The topological polar surface area (TPSA) is 87.5 Å². The van der Waals surface area contributed by atoms with Crippen LogP contribution in [0.4, 0.5) is 10.2 Å². The van der Waals surface area contributed by atoms with Crippen molar-refractivity contribution in [2.75, 3.05) is 18.0 Å². The quantitative estimate of drug-likeness (QED) is 0.702. The molecule has 148 valence electrons. The molecule has 3 aromatic rings. The van der Waals surface area contributed by atoms with Crippen LogP contribution >= 0.6 is 0 Å². The van der Waals surface area contributed by atoms with Gasteiger partial charge in [0.1, 0.15) is 11.2 Å². The van der Waals surface area contributed by atoms with Crippen molar-refractivity contribution in [2.24, 2.45) is 0 Å². The Hall–Kier alpha value is -3.26. The lowest BCUT2D eigenvalue weighted by molar-refractivity contribution is 0.0695. The van der Waals surface area contributed by atoms with E-state index in [1.807, 2.05) is 35.2 Å². The normalized spacial score (nSPS) is 20.5. The largest absolute Gasteiger partial charge is 0.477 e. The maximum absolute atomic E-state index is 14.9. The maximum atomic E-state index is 14.9. The number of aromatic nitrogens is 2. The molecule has 2 fully saturated rings. The number of pyridine rings is 2. The van der Waals surface area contributed by atoms with Crippen molar-refractivity contribution >= 4 is 22.8 Å². The zero-order valence-electron chi connectivity index (χ0n) is 15.5. The number of anilines is 1. The first kappa shape index (κ1) is 17.8. The molecule has 2 atom stereocenters. The summed E-state index contributed by atoms with van der Waals surface area (Å²) in [4.78, 5) is 30.7. The van der Waals surface area contributed by atoms with Gasteiger partial charge in [-0.3, -0.25) is 4.79 Å². The Kier molecular flexibility index (Phi) is 4.09. The zero-order valence-corrected chi connectivity index (χ0v) is 15.5. The molecule has 2 N–H and O–H groups in total. The van der Waals surface area contributed by atoms with Crippen molar-refractivity contribution < 1.29 is 14.3 Å². The first-order chi connectivity index (χ1) is 14.0. The summed E-state index contributed by atoms with van der Waals surface area (Å²) in [6.07, 6.45) is 2.24. The number of aromatic carboxylic acids is 1. The molecule has 1 aromatic carbocycles. The van der Waals surface area contributed by atoms with Crippen molar-refractivity contribution in [2.45, 2.75) is 25.0 Å². The third-order valence-corrected chi connectivity index (χ3v) is 5.74. The lowest BCUT2D eigenvalue weighted by atomic mass is 10.1. The smallest absolute Gasteiger partial charge is 0.341 e. The van der Waals surface area contributed by atoms with Gasteiger partial charge in [-0.2, -0.15) is 0 Å². The fourth-order valence-corrected chi connectivity index (χ4v) is 4.35. The molecule has 0 unspecified atom stereocenters. The number of rotatable bonds is 4. The lowest BCUT2D eigenvalue weighted by Gasteiger charge is -2.29. The number of fused-ring (bicyclic) bond motifs is 3. The fourth-order valence-electron chi connectivity index (χ4n) is 4.35. The first-order valence-corrected chi connectivity index (χ1v) is 9.52. The minimum atomic E-state index is -1.34. The highest BCUT2D eigenvalue weighted by atomic mass is 19.1. The van der Waals surface area contributed by atoms with Crippen LogP contribution in [0.3, 0.4) is 0 Å². The molecule has 8 heteroatoms. The van der Waals surface area contributed by atoms with E-state index >= 15 is 0 Å². The van der Waals surface area contributed by atoms with E-state index in [0.29, 0.717) is 19.1 Å². The predicted molar refractivity (Wildman–Crippen MR) is 106 cm³/mol. The van der Waals surface area contributed by atoms with Crippen LogP contribution in [0.25, 0.3) is 11.0 Å². The lowest BCUT2D eigenvalue weighted by Crippen LogP contribution is -2.44. The molecular weight excluding hydrogens is 375 g/mol. The van der Waals surface area contributed by atoms with Crippen molar-refractivity contribution in [1.29, 1.82) is 0 Å². The van der Waals surface area contributed by atoms with Crippen molar-refractivity contribution in [3.8, 4) is 0 Å². The Balaban J connectivity index is 1.70.